The second-order valence-electron chi connectivity index (χ2n) is 5.36. The molecule has 0 radical (unpaired) electrons. The quantitative estimate of drug-likeness (QED) is 0.208. The second-order valence-corrected chi connectivity index (χ2v) is 8.09. The lowest BCUT2D eigenvalue weighted by Gasteiger charge is -2.28. The standard InChI is InChI=1S/C17H37NO8Si/c1-6-21-16(22-13-12-20-5)15-23-17(19)18-11-10-14-27(24-7-2,25-8-3)26-9-4/h16H,6-15H2,1-5H3,(H,18,19). The summed E-state index contributed by atoms with van der Waals surface area (Å²) in [5.74, 6) is 0. The molecule has 1 amide bonds. The predicted molar refractivity (Wildman–Crippen MR) is 103 cm³/mol. The molecule has 0 spiro atoms. The molecule has 0 aliphatic carbocycles. The van der Waals surface area contributed by atoms with Gasteiger partial charge in [0.25, 0.3) is 0 Å². The van der Waals surface area contributed by atoms with Crippen LogP contribution in [0.25, 0.3) is 0 Å². The molecule has 0 aliphatic rings. The fourth-order valence-corrected chi connectivity index (χ4v) is 4.90. The molecule has 0 aromatic rings. The van der Waals surface area contributed by atoms with Crippen molar-refractivity contribution < 1.29 is 37.0 Å². The number of alkyl carbamates (subject to hydrolysis) is 1. The zero-order valence-electron chi connectivity index (χ0n) is 17.4. The van der Waals surface area contributed by atoms with Gasteiger partial charge in [-0.1, -0.05) is 0 Å². The number of ether oxygens (including phenoxy) is 4. The van der Waals surface area contributed by atoms with E-state index in [0.29, 0.717) is 58.7 Å². The number of amides is 1. The Morgan fingerprint density at radius 3 is 2.07 bits per heavy atom. The normalized spacial score (nSPS) is 12.8. The summed E-state index contributed by atoms with van der Waals surface area (Å²) >= 11 is 0. The van der Waals surface area contributed by atoms with E-state index < -0.39 is 21.2 Å². The average molecular weight is 412 g/mol. The van der Waals surface area contributed by atoms with Gasteiger partial charge in [0.05, 0.1) is 13.2 Å². The van der Waals surface area contributed by atoms with Crippen LogP contribution >= 0.6 is 0 Å². The molecule has 0 aromatic heterocycles. The van der Waals surface area contributed by atoms with Crippen molar-refractivity contribution in [1.29, 1.82) is 0 Å². The van der Waals surface area contributed by atoms with Crippen LogP contribution in [-0.4, -0.2) is 81.1 Å². The number of carbonyl (C=O) groups excluding carboxylic acids is 1. The lowest BCUT2D eigenvalue weighted by molar-refractivity contribution is -0.165. The molecule has 1 N–H and O–H groups in total. The van der Waals surface area contributed by atoms with E-state index in [-0.39, 0.29) is 6.61 Å². The van der Waals surface area contributed by atoms with Crippen molar-refractivity contribution in [3.8, 4) is 0 Å². The van der Waals surface area contributed by atoms with Crippen molar-refractivity contribution >= 4 is 14.9 Å². The maximum atomic E-state index is 11.8. The first-order valence-corrected chi connectivity index (χ1v) is 11.5. The third-order valence-electron chi connectivity index (χ3n) is 3.32. The molecule has 0 aromatic carbocycles. The highest BCUT2D eigenvalue weighted by Gasteiger charge is 2.39. The van der Waals surface area contributed by atoms with Crippen molar-refractivity contribution in [3.63, 3.8) is 0 Å². The predicted octanol–water partition coefficient (Wildman–Crippen LogP) is 2.18. The molecule has 0 aliphatic heterocycles. The molecular weight excluding hydrogens is 374 g/mol. The van der Waals surface area contributed by atoms with E-state index >= 15 is 0 Å². The Labute approximate surface area is 164 Å². The van der Waals surface area contributed by atoms with Crippen LogP contribution < -0.4 is 5.32 Å². The van der Waals surface area contributed by atoms with Crippen LogP contribution in [0.15, 0.2) is 0 Å². The summed E-state index contributed by atoms with van der Waals surface area (Å²) in [5, 5.41) is 2.70. The van der Waals surface area contributed by atoms with Crippen LogP contribution in [0.1, 0.15) is 34.1 Å². The lowest BCUT2D eigenvalue weighted by atomic mass is 10.5. The summed E-state index contributed by atoms with van der Waals surface area (Å²) in [6.07, 6.45) is -0.461. The summed E-state index contributed by atoms with van der Waals surface area (Å²) < 4.78 is 38.2. The van der Waals surface area contributed by atoms with E-state index in [9.17, 15) is 4.79 Å². The molecule has 1 atom stereocenters. The van der Waals surface area contributed by atoms with Crippen LogP contribution in [0, 0.1) is 0 Å². The maximum Gasteiger partial charge on any atom is 0.500 e. The maximum absolute atomic E-state index is 11.8. The summed E-state index contributed by atoms with van der Waals surface area (Å²) in [4.78, 5) is 11.8. The fourth-order valence-electron chi connectivity index (χ4n) is 2.28. The van der Waals surface area contributed by atoms with E-state index in [1.54, 1.807) is 7.11 Å². The zero-order chi connectivity index (χ0) is 20.4. The highest BCUT2D eigenvalue weighted by molar-refractivity contribution is 6.60. The molecule has 0 rings (SSSR count). The molecule has 0 fully saturated rings. The first-order valence-electron chi connectivity index (χ1n) is 9.61. The zero-order valence-corrected chi connectivity index (χ0v) is 18.4. The van der Waals surface area contributed by atoms with Crippen molar-refractivity contribution in [2.75, 3.05) is 59.9 Å². The molecule has 0 saturated carbocycles. The largest absolute Gasteiger partial charge is 0.500 e. The van der Waals surface area contributed by atoms with Gasteiger partial charge < -0.3 is 37.5 Å². The molecule has 1 unspecified atom stereocenters. The third-order valence-corrected chi connectivity index (χ3v) is 6.47. The number of methoxy groups -OCH3 is 1. The number of hydrogen-bond donors (Lipinski definition) is 1. The highest BCUT2D eigenvalue weighted by atomic mass is 28.4. The third kappa shape index (κ3) is 13.1. The first-order chi connectivity index (χ1) is 13.1. The molecule has 0 heterocycles. The van der Waals surface area contributed by atoms with Gasteiger partial charge in [-0.15, -0.1) is 0 Å². The molecule has 0 saturated heterocycles. The number of nitrogens with one attached hydrogen (secondary N) is 1. The van der Waals surface area contributed by atoms with Crippen molar-refractivity contribution in [2.24, 2.45) is 0 Å². The molecule has 0 bridgehead atoms. The van der Waals surface area contributed by atoms with Gasteiger partial charge in [-0.25, -0.2) is 4.79 Å². The van der Waals surface area contributed by atoms with Crippen LogP contribution in [0.3, 0.4) is 0 Å². The molecule has 162 valence electrons. The Kier molecular flexibility index (Phi) is 16.9. The molecule has 27 heavy (non-hydrogen) atoms. The molecule has 9 nitrogen and oxygen atoms in total. The van der Waals surface area contributed by atoms with Gasteiger partial charge in [-0.3, -0.25) is 0 Å². The molecular formula is C17H37NO8Si. The Bertz CT molecular complexity index is 345. The van der Waals surface area contributed by atoms with Crippen molar-refractivity contribution in [3.05, 3.63) is 0 Å². The van der Waals surface area contributed by atoms with Crippen molar-refractivity contribution in [2.45, 2.75) is 46.4 Å². The summed E-state index contributed by atoms with van der Waals surface area (Å²) in [6.45, 7) is 10.9. The number of rotatable bonds is 18. The van der Waals surface area contributed by atoms with Gasteiger partial charge in [-0.05, 0) is 34.1 Å². The van der Waals surface area contributed by atoms with Gasteiger partial charge in [0.2, 0.25) is 0 Å². The lowest BCUT2D eigenvalue weighted by Crippen LogP contribution is -2.46. The Balaban J connectivity index is 4.17. The average Bonchev–Trinajstić information content (AvgIpc) is 2.64. The molecule has 10 heteroatoms. The van der Waals surface area contributed by atoms with E-state index in [4.69, 9.17) is 32.2 Å². The minimum absolute atomic E-state index is 0.0128. The second kappa shape index (κ2) is 17.4. The SMILES string of the molecule is CCOC(COC(=O)NCCC[Si](OCC)(OCC)OCC)OCCOC. The summed E-state index contributed by atoms with van der Waals surface area (Å²) in [5.41, 5.74) is 0. The Morgan fingerprint density at radius 1 is 0.926 bits per heavy atom. The number of carbonyl (C=O) groups is 1. The van der Waals surface area contributed by atoms with Crippen LogP contribution in [0.2, 0.25) is 6.04 Å². The van der Waals surface area contributed by atoms with Gasteiger partial charge in [0.15, 0.2) is 6.29 Å². The Morgan fingerprint density at radius 2 is 1.56 bits per heavy atom. The van der Waals surface area contributed by atoms with Crippen LogP contribution in [-0.2, 0) is 32.2 Å². The monoisotopic (exact) mass is 411 g/mol. The highest BCUT2D eigenvalue weighted by Crippen LogP contribution is 2.17. The van der Waals surface area contributed by atoms with Crippen molar-refractivity contribution in [1.82, 2.24) is 5.32 Å². The first kappa shape index (κ1) is 26.2. The van der Waals surface area contributed by atoms with Gasteiger partial charge in [-0.2, -0.15) is 0 Å². The summed E-state index contributed by atoms with van der Waals surface area (Å²) in [7, 11) is -1.09. The fraction of sp³-hybridized carbons (Fsp3) is 0.941. The topological polar surface area (TPSA) is 93.7 Å². The van der Waals surface area contributed by atoms with Crippen LogP contribution in [0.5, 0.6) is 0 Å². The minimum Gasteiger partial charge on any atom is -0.444 e. The van der Waals surface area contributed by atoms with E-state index in [1.807, 2.05) is 27.7 Å². The number of hydrogen-bond acceptors (Lipinski definition) is 8. The van der Waals surface area contributed by atoms with Gasteiger partial charge in [0, 0.05) is 46.1 Å². The van der Waals surface area contributed by atoms with E-state index in [2.05, 4.69) is 5.32 Å². The minimum atomic E-state index is -2.68. The van der Waals surface area contributed by atoms with Crippen LogP contribution in [0.4, 0.5) is 4.79 Å². The summed E-state index contributed by atoms with van der Waals surface area (Å²) in [6, 6.07) is 0.629. The van der Waals surface area contributed by atoms with E-state index in [0.717, 1.165) is 0 Å². The smallest absolute Gasteiger partial charge is 0.444 e. The Hall–Kier alpha value is -0.753. The van der Waals surface area contributed by atoms with E-state index in [1.165, 1.54) is 0 Å². The van der Waals surface area contributed by atoms with Gasteiger partial charge >= 0.3 is 14.9 Å². The van der Waals surface area contributed by atoms with Gasteiger partial charge in [0.1, 0.15) is 6.61 Å².